The number of aromatic nitrogens is 3. The number of unbranched alkanes of at least 4 members (excludes halogenated alkanes) is 1. The number of ether oxygens (including phenoxy) is 10. The zero-order chi connectivity index (χ0) is 54.7. The van der Waals surface area contributed by atoms with Gasteiger partial charge in [0.05, 0.1) is 138 Å². The van der Waals surface area contributed by atoms with Crippen LogP contribution < -0.4 is 37.5 Å². The fourth-order valence-electron chi connectivity index (χ4n) is 7.23. The van der Waals surface area contributed by atoms with Gasteiger partial charge in [-0.2, -0.15) is 0 Å². The van der Waals surface area contributed by atoms with Crippen LogP contribution in [-0.2, 0) is 65.4 Å². The molecule has 1 heterocycles. The lowest BCUT2D eigenvalue weighted by atomic mass is 9.90. The standard InChI is InChI=1S/C53H87N9O14/c1-42(2)34-49(59-41-54)50(63)37-44(51(55)64)9-4-5-13-57-52(65)45-10-6-8-43(35-45)38-62-39-47(60-61-62)40-76-48-12-7-11-46(36-48)53(66)58-15-17-68-19-21-70-23-25-72-27-29-74-31-33-75-32-30-73-28-26-71-24-22-69-20-18-67-16-14-56-3/h6-8,10-12,35-36,39,42,44,49,56,59H,4-5,9,13-34,37-38,40-41,54H2,1-3H3,(H2,55,64)(H,57,65)(H,58,66)/t44-,49+/m1/s1. The van der Waals surface area contributed by atoms with E-state index in [1.807, 2.05) is 27.0 Å². The van der Waals surface area contributed by atoms with E-state index in [1.54, 1.807) is 53.3 Å². The van der Waals surface area contributed by atoms with Gasteiger partial charge < -0.3 is 74.8 Å². The van der Waals surface area contributed by atoms with Crippen molar-refractivity contribution in [3.05, 3.63) is 77.1 Å². The lowest BCUT2D eigenvalue weighted by Gasteiger charge is -2.21. The molecule has 0 fully saturated rings. The molecule has 0 radical (unpaired) electrons. The minimum absolute atomic E-state index is 0.0608. The quantitative estimate of drug-likeness (QED) is 0.0348. The van der Waals surface area contributed by atoms with Crippen LogP contribution >= 0.6 is 0 Å². The number of hydrogen-bond donors (Lipinski definition) is 6. The number of nitrogens with one attached hydrogen (secondary N) is 4. The highest BCUT2D eigenvalue weighted by atomic mass is 16.6. The lowest BCUT2D eigenvalue weighted by molar-refractivity contribution is -0.128. The minimum atomic E-state index is -0.577. The van der Waals surface area contributed by atoms with Crippen LogP contribution in [0.2, 0.25) is 0 Å². The molecule has 428 valence electrons. The summed E-state index contributed by atoms with van der Waals surface area (Å²) in [6.07, 6.45) is 4.14. The number of carbonyl (C=O) groups is 4. The predicted molar refractivity (Wildman–Crippen MR) is 284 cm³/mol. The van der Waals surface area contributed by atoms with E-state index in [0.29, 0.717) is 187 Å². The molecule has 0 bridgehead atoms. The third kappa shape index (κ3) is 31.9. The number of likely N-dealkylation sites (N-methyl/N-ethyl adjacent to an activating group) is 1. The molecule has 76 heavy (non-hydrogen) atoms. The van der Waals surface area contributed by atoms with Crippen molar-refractivity contribution in [3.8, 4) is 5.75 Å². The molecule has 0 aliphatic heterocycles. The molecule has 23 heteroatoms. The number of hydrogen-bond acceptors (Lipinski definition) is 19. The van der Waals surface area contributed by atoms with Crippen molar-refractivity contribution >= 4 is 23.5 Å². The Hall–Kier alpha value is -5.02. The molecule has 3 rings (SSSR count). The summed E-state index contributed by atoms with van der Waals surface area (Å²) in [5, 5.41) is 20.3. The zero-order valence-electron chi connectivity index (χ0n) is 45.1. The SMILES string of the molecule is CNCCOCCOCCOCCOCCOCCOCCOCCOCCOCCNC(=O)c1cccc(OCc2cn(Cc3cccc(C(=O)NCCCC[C@H](CC(=O)[C@H](CC(C)C)NCN)C(N)=O)c3)nn2)c1. The van der Waals surface area contributed by atoms with Crippen LogP contribution in [0.4, 0.5) is 0 Å². The maximum atomic E-state index is 13.0. The third-order valence-electron chi connectivity index (χ3n) is 11.2. The Bertz CT molecular complexity index is 2000. The van der Waals surface area contributed by atoms with Gasteiger partial charge in [-0.3, -0.25) is 24.5 Å². The third-order valence-corrected chi connectivity index (χ3v) is 11.2. The van der Waals surface area contributed by atoms with Crippen molar-refractivity contribution in [1.82, 2.24) is 36.3 Å². The van der Waals surface area contributed by atoms with Gasteiger partial charge in [0, 0.05) is 49.8 Å². The maximum Gasteiger partial charge on any atom is 0.251 e. The summed E-state index contributed by atoms with van der Waals surface area (Å²) in [5.41, 5.74) is 13.6. The predicted octanol–water partition coefficient (Wildman–Crippen LogP) is 1.89. The summed E-state index contributed by atoms with van der Waals surface area (Å²) < 4.78 is 57.0. The molecule has 1 aromatic heterocycles. The molecule has 2 aromatic carbocycles. The molecule has 0 unspecified atom stereocenters. The monoisotopic (exact) mass is 1070 g/mol. The fraction of sp³-hybridized carbons (Fsp3) is 0.660. The van der Waals surface area contributed by atoms with Gasteiger partial charge in [0.2, 0.25) is 5.91 Å². The van der Waals surface area contributed by atoms with Crippen molar-refractivity contribution in [2.24, 2.45) is 23.3 Å². The van der Waals surface area contributed by atoms with Gasteiger partial charge in [-0.05, 0) is 68.1 Å². The van der Waals surface area contributed by atoms with Crippen molar-refractivity contribution in [3.63, 3.8) is 0 Å². The van der Waals surface area contributed by atoms with E-state index < -0.39 is 17.9 Å². The number of Topliss-reactive ketones (excluding diaryl/α,β-unsaturated/α-hetero) is 1. The number of rotatable bonds is 50. The molecule has 3 amide bonds. The number of nitrogens with zero attached hydrogens (tertiary/aromatic N) is 3. The molecule has 0 aliphatic rings. The minimum Gasteiger partial charge on any atom is -0.487 e. The normalized spacial score (nSPS) is 12.2. The number of carbonyl (C=O) groups excluding carboxylic acids is 4. The molecule has 2 atom stereocenters. The van der Waals surface area contributed by atoms with Crippen LogP contribution in [0, 0.1) is 11.8 Å². The number of nitrogens with two attached hydrogens (primary N) is 2. The Balaban J connectivity index is 1.16. The lowest BCUT2D eigenvalue weighted by Crippen LogP contribution is -2.42. The summed E-state index contributed by atoms with van der Waals surface area (Å²) in [6, 6.07) is 13.7. The molecule has 8 N–H and O–H groups in total. The van der Waals surface area contributed by atoms with E-state index in [0.717, 1.165) is 12.1 Å². The largest absolute Gasteiger partial charge is 0.487 e. The van der Waals surface area contributed by atoms with Gasteiger partial charge in [0.15, 0.2) is 5.78 Å². The average molecular weight is 1070 g/mol. The second-order valence-corrected chi connectivity index (χ2v) is 17.9. The first-order valence-corrected chi connectivity index (χ1v) is 26.5. The van der Waals surface area contributed by atoms with Gasteiger partial charge in [-0.25, -0.2) is 4.68 Å². The number of benzene rings is 2. The number of ketones is 1. The Labute approximate surface area is 448 Å². The van der Waals surface area contributed by atoms with E-state index in [-0.39, 0.29) is 43.2 Å². The van der Waals surface area contributed by atoms with Crippen LogP contribution in [0.1, 0.15) is 77.9 Å². The molecule has 0 spiro atoms. The van der Waals surface area contributed by atoms with Crippen LogP contribution in [0.25, 0.3) is 0 Å². The van der Waals surface area contributed by atoms with Gasteiger partial charge in [0.25, 0.3) is 11.8 Å². The summed E-state index contributed by atoms with van der Waals surface area (Å²) in [7, 11) is 1.89. The van der Waals surface area contributed by atoms with E-state index in [1.165, 1.54) is 0 Å². The van der Waals surface area contributed by atoms with Gasteiger partial charge >= 0.3 is 0 Å². The number of primary amides is 1. The molecule has 0 saturated carbocycles. The van der Waals surface area contributed by atoms with Crippen LogP contribution in [0.15, 0.2) is 54.7 Å². The highest BCUT2D eigenvalue weighted by Crippen LogP contribution is 2.18. The van der Waals surface area contributed by atoms with Crippen molar-refractivity contribution in [1.29, 1.82) is 0 Å². The van der Waals surface area contributed by atoms with Crippen molar-refractivity contribution in [2.75, 3.05) is 152 Å². The first-order valence-electron chi connectivity index (χ1n) is 26.5. The molecule has 0 saturated heterocycles. The highest BCUT2D eigenvalue weighted by Gasteiger charge is 2.25. The molecule has 3 aromatic rings. The smallest absolute Gasteiger partial charge is 0.251 e. The summed E-state index contributed by atoms with van der Waals surface area (Å²) in [6.45, 7) is 14.9. The zero-order valence-corrected chi connectivity index (χ0v) is 45.1. The molecule has 23 nitrogen and oxygen atoms in total. The van der Waals surface area contributed by atoms with Crippen molar-refractivity contribution in [2.45, 2.75) is 65.1 Å². The first-order chi connectivity index (χ1) is 37.1. The second kappa shape index (κ2) is 43.0. The van der Waals surface area contributed by atoms with Crippen LogP contribution in [-0.4, -0.2) is 197 Å². The Morgan fingerprint density at radius 3 is 1.64 bits per heavy atom. The summed E-state index contributed by atoms with van der Waals surface area (Å²) in [4.78, 5) is 50.8. The Kier molecular flexibility index (Phi) is 36.9. The van der Waals surface area contributed by atoms with Crippen molar-refractivity contribution < 1.29 is 66.5 Å². The second-order valence-electron chi connectivity index (χ2n) is 17.9. The Morgan fingerprint density at radius 1 is 0.632 bits per heavy atom. The maximum absolute atomic E-state index is 13.0. The van der Waals surface area contributed by atoms with E-state index in [9.17, 15) is 19.2 Å². The van der Waals surface area contributed by atoms with E-state index in [2.05, 4.69) is 31.6 Å². The molecule has 0 aliphatic carbocycles. The average Bonchev–Trinajstić information content (AvgIpc) is 3.87. The van der Waals surface area contributed by atoms with E-state index in [4.69, 9.17) is 58.8 Å². The fourth-order valence-corrected chi connectivity index (χ4v) is 7.23. The number of amides is 3. The van der Waals surface area contributed by atoms with Crippen LogP contribution in [0.5, 0.6) is 5.75 Å². The summed E-state index contributed by atoms with van der Waals surface area (Å²) >= 11 is 0. The first kappa shape index (κ1) is 65.3. The van der Waals surface area contributed by atoms with Gasteiger partial charge in [0.1, 0.15) is 18.1 Å². The Morgan fingerprint density at radius 2 is 1.13 bits per heavy atom. The van der Waals surface area contributed by atoms with E-state index >= 15 is 0 Å². The van der Waals surface area contributed by atoms with Crippen LogP contribution in [0.3, 0.4) is 0 Å². The molecular weight excluding hydrogens is 987 g/mol. The summed E-state index contributed by atoms with van der Waals surface area (Å²) in [5.74, 6) is -0.851. The highest BCUT2D eigenvalue weighted by molar-refractivity contribution is 5.95. The van der Waals surface area contributed by atoms with Gasteiger partial charge in [-0.1, -0.05) is 43.7 Å². The molecular formula is C53H87N9O14. The topological polar surface area (TPSA) is 291 Å². The van der Waals surface area contributed by atoms with Gasteiger partial charge in [-0.15, -0.1) is 5.10 Å².